The molecule has 0 bridgehead atoms. The molecule has 0 radical (unpaired) electrons. The van der Waals surface area contributed by atoms with Gasteiger partial charge in [-0.25, -0.2) is 0 Å². The van der Waals surface area contributed by atoms with Crippen LogP contribution in [-0.2, 0) is 9.59 Å². The van der Waals surface area contributed by atoms with Crippen LogP contribution in [0.1, 0.15) is 29.2 Å². The summed E-state index contributed by atoms with van der Waals surface area (Å²) in [6, 6.07) is 16.6. The van der Waals surface area contributed by atoms with Gasteiger partial charge in [-0.15, -0.1) is 0 Å². The number of ketones is 1. The number of amides is 1. The predicted molar refractivity (Wildman–Crippen MR) is 119 cm³/mol. The first-order valence-corrected chi connectivity index (χ1v) is 10.1. The highest BCUT2D eigenvalue weighted by Crippen LogP contribution is 2.38. The fourth-order valence-corrected chi connectivity index (χ4v) is 3.61. The van der Waals surface area contributed by atoms with Crippen LogP contribution in [0.5, 0.6) is 0 Å². The Balaban J connectivity index is 1.93. The van der Waals surface area contributed by atoms with Gasteiger partial charge in [-0.1, -0.05) is 66.2 Å². The number of carbonyl (C=O) groups excluding carboxylic acids is 2. The maximum Gasteiger partial charge on any atom is 0.290 e. The van der Waals surface area contributed by atoms with E-state index in [1.54, 1.807) is 11.0 Å². The maximum absolute atomic E-state index is 13.1. The molecule has 1 atom stereocenters. The summed E-state index contributed by atoms with van der Waals surface area (Å²) in [4.78, 5) is 29.6. The van der Waals surface area contributed by atoms with Gasteiger partial charge in [0, 0.05) is 6.54 Å². The van der Waals surface area contributed by atoms with Crippen LogP contribution in [0.2, 0.25) is 0 Å². The first-order valence-electron chi connectivity index (χ1n) is 10.1. The van der Waals surface area contributed by atoms with E-state index in [9.17, 15) is 14.7 Å². The lowest BCUT2D eigenvalue weighted by Crippen LogP contribution is -2.33. The Bertz CT molecular complexity index is 960. The van der Waals surface area contributed by atoms with Crippen molar-refractivity contribution in [1.29, 1.82) is 0 Å². The van der Waals surface area contributed by atoms with Gasteiger partial charge < -0.3 is 14.9 Å². The van der Waals surface area contributed by atoms with Crippen molar-refractivity contribution >= 4 is 17.8 Å². The quantitative estimate of drug-likeness (QED) is 0.678. The molecule has 0 aromatic heterocycles. The van der Waals surface area contributed by atoms with Crippen LogP contribution in [0, 0.1) is 6.92 Å². The van der Waals surface area contributed by atoms with E-state index in [1.165, 1.54) is 6.08 Å². The molecular formula is C25H28N2O3. The number of nitrogens with zero attached hydrogens (tertiary/aromatic N) is 2. The fraction of sp³-hybridized carbons (Fsp3) is 0.280. The van der Waals surface area contributed by atoms with Crippen molar-refractivity contribution in [2.24, 2.45) is 0 Å². The third-order valence-electron chi connectivity index (χ3n) is 5.19. The number of aliphatic hydroxyl groups excluding tert-OH is 1. The van der Waals surface area contributed by atoms with E-state index in [0.717, 1.165) is 29.7 Å². The Labute approximate surface area is 177 Å². The monoisotopic (exact) mass is 404 g/mol. The Kier molecular flexibility index (Phi) is 6.85. The second-order valence-electron chi connectivity index (χ2n) is 7.84. The molecule has 0 spiro atoms. The van der Waals surface area contributed by atoms with Crippen molar-refractivity contribution in [2.45, 2.75) is 19.4 Å². The summed E-state index contributed by atoms with van der Waals surface area (Å²) in [5.41, 5.74) is 2.93. The molecule has 2 aromatic carbocycles. The van der Waals surface area contributed by atoms with Gasteiger partial charge in [0.2, 0.25) is 0 Å². The van der Waals surface area contributed by atoms with Crippen LogP contribution in [0.3, 0.4) is 0 Å². The zero-order valence-corrected chi connectivity index (χ0v) is 17.7. The lowest BCUT2D eigenvalue weighted by Gasteiger charge is -2.27. The van der Waals surface area contributed by atoms with Crippen LogP contribution >= 0.6 is 0 Å². The summed E-state index contributed by atoms with van der Waals surface area (Å²) >= 11 is 0. The maximum atomic E-state index is 13.1. The minimum absolute atomic E-state index is 0.140. The largest absolute Gasteiger partial charge is 0.503 e. The Morgan fingerprint density at radius 2 is 1.77 bits per heavy atom. The molecule has 0 saturated heterocycles. The van der Waals surface area contributed by atoms with Gasteiger partial charge in [-0.05, 0) is 51.2 Å². The number of aryl methyl sites for hydroxylation is 1. The van der Waals surface area contributed by atoms with Gasteiger partial charge in [0.1, 0.15) is 0 Å². The van der Waals surface area contributed by atoms with Crippen LogP contribution in [0.15, 0.2) is 72.0 Å². The molecule has 1 heterocycles. The molecule has 1 unspecified atom stereocenters. The summed E-state index contributed by atoms with van der Waals surface area (Å²) in [6.07, 6.45) is 3.88. The van der Waals surface area contributed by atoms with Crippen molar-refractivity contribution in [2.75, 3.05) is 27.2 Å². The molecule has 5 heteroatoms. The van der Waals surface area contributed by atoms with Crippen LogP contribution in [-0.4, -0.2) is 53.8 Å². The summed E-state index contributed by atoms with van der Waals surface area (Å²) in [7, 11) is 3.95. The molecule has 5 nitrogen and oxygen atoms in total. The molecule has 156 valence electrons. The van der Waals surface area contributed by atoms with E-state index in [0.29, 0.717) is 6.54 Å². The van der Waals surface area contributed by atoms with Gasteiger partial charge in [0.25, 0.3) is 5.91 Å². The number of carbonyl (C=O) groups is 2. The van der Waals surface area contributed by atoms with E-state index in [2.05, 4.69) is 0 Å². The van der Waals surface area contributed by atoms with Crippen LogP contribution in [0.25, 0.3) is 6.08 Å². The number of hydrogen-bond donors (Lipinski definition) is 1. The number of allylic oxidation sites excluding steroid dienone is 1. The van der Waals surface area contributed by atoms with Gasteiger partial charge in [-0.2, -0.15) is 0 Å². The van der Waals surface area contributed by atoms with Crippen molar-refractivity contribution in [1.82, 2.24) is 9.80 Å². The Morgan fingerprint density at radius 1 is 1.10 bits per heavy atom. The fourth-order valence-electron chi connectivity index (χ4n) is 3.61. The first kappa shape index (κ1) is 21.5. The van der Waals surface area contributed by atoms with Crippen LogP contribution in [0.4, 0.5) is 0 Å². The topological polar surface area (TPSA) is 60.9 Å². The molecule has 0 fully saturated rings. The zero-order chi connectivity index (χ0) is 21.7. The Hall–Kier alpha value is -3.18. The molecule has 1 amide bonds. The number of rotatable bonds is 8. The summed E-state index contributed by atoms with van der Waals surface area (Å²) in [5, 5.41) is 10.6. The molecular weight excluding hydrogens is 376 g/mol. The second kappa shape index (κ2) is 9.55. The van der Waals surface area contributed by atoms with Gasteiger partial charge in [-0.3, -0.25) is 9.59 Å². The molecule has 3 rings (SSSR count). The second-order valence-corrected chi connectivity index (χ2v) is 7.84. The average molecular weight is 405 g/mol. The van der Waals surface area contributed by atoms with E-state index >= 15 is 0 Å². The number of aliphatic hydroxyl groups is 1. The lowest BCUT2D eigenvalue weighted by molar-refractivity contribution is -0.129. The minimum atomic E-state index is -0.590. The minimum Gasteiger partial charge on any atom is -0.503 e. The van der Waals surface area contributed by atoms with E-state index in [-0.39, 0.29) is 11.4 Å². The predicted octanol–water partition coefficient (Wildman–Crippen LogP) is 3.92. The standard InChI is InChI=1S/C25H28N2O3/c1-18-10-13-20(14-11-18)23-22(21(28)15-12-19-8-5-4-6-9-19)24(29)25(30)27(23)17-7-16-26(2)3/h4-6,8-15,23,29H,7,16-17H2,1-3H3. The van der Waals surface area contributed by atoms with Crippen molar-refractivity contribution < 1.29 is 14.7 Å². The Morgan fingerprint density at radius 3 is 2.40 bits per heavy atom. The van der Waals surface area contributed by atoms with E-state index < -0.39 is 17.7 Å². The summed E-state index contributed by atoms with van der Waals surface area (Å²) < 4.78 is 0. The van der Waals surface area contributed by atoms with E-state index in [1.807, 2.05) is 80.5 Å². The normalized spacial score (nSPS) is 16.9. The van der Waals surface area contributed by atoms with Gasteiger partial charge in [0.05, 0.1) is 11.6 Å². The van der Waals surface area contributed by atoms with E-state index in [4.69, 9.17) is 0 Å². The van der Waals surface area contributed by atoms with Crippen molar-refractivity contribution in [3.63, 3.8) is 0 Å². The molecule has 0 aliphatic carbocycles. The molecule has 1 N–H and O–H groups in total. The third-order valence-corrected chi connectivity index (χ3v) is 5.19. The van der Waals surface area contributed by atoms with Gasteiger partial charge >= 0.3 is 0 Å². The number of hydrogen-bond acceptors (Lipinski definition) is 4. The highest BCUT2D eigenvalue weighted by Gasteiger charge is 2.42. The lowest BCUT2D eigenvalue weighted by atomic mass is 9.95. The summed E-state index contributed by atoms with van der Waals surface area (Å²) in [6.45, 7) is 3.25. The highest BCUT2D eigenvalue weighted by atomic mass is 16.3. The summed E-state index contributed by atoms with van der Waals surface area (Å²) in [5.74, 6) is -1.30. The third kappa shape index (κ3) is 4.86. The van der Waals surface area contributed by atoms with Crippen molar-refractivity contribution in [3.05, 3.63) is 88.7 Å². The SMILES string of the molecule is Cc1ccc(C2C(C(=O)C=Cc3ccccc3)=C(O)C(=O)N2CCCN(C)C)cc1. The van der Waals surface area contributed by atoms with Crippen molar-refractivity contribution in [3.8, 4) is 0 Å². The van der Waals surface area contributed by atoms with Crippen LogP contribution < -0.4 is 0 Å². The highest BCUT2D eigenvalue weighted by molar-refractivity contribution is 6.14. The smallest absolute Gasteiger partial charge is 0.290 e. The molecule has 0 saturated carbocycles. The zero-order valence-electron chi connectivity index (χ0n) is 17.7. The average Bonchev–Trinajstić information content (AvgIpc) is 2.98. The number of benzene rings is 2. The molecule has 1 aliphatic heterocycles. The molecule has 30 heavy (non-hydrogen) atoms. The first-order chi connectivity index (χ1) is 14.4. The molecule has 1 aliphatic rings. The van der Waals surface area contributed by atoms with Gasteiger partial charge in [0.15, 0.2) is 11.5 Å². The molecule has 2 aromatic rings.